The maximum atomic E-state index is 2.56. The van der Waals surface area contributed by atoms with Crippen molar-refractivity contribution in [2.24, 2.45) is 40.9 Å². The van der Waals surface area contributed by atoms with E-state index in [0.717, 1.165) is 40.9 Å². The molecule has 0 aliphatic heterocycles. The fourth-order valence-corrected chi connectivity index (χ4v) is 6.17. The van der Waals surface area contributed by atoms with E-state index in [1.165, 1.54) is 12.8 Å². The molecule has 86 valence electrons. The van der Waals surface area contributed by atoms with Crippen LogP contribution >= 0.6 is 0 Å². The Balaban J connectivity index is 1.96. The Kier molecular flexibility index (Phi) is 2.05. The van der Waals surface area contributed by atoms with Gasteiger partial charge in [-0.3, -0.25) is 0 Å². The van der Waals surface area contributed by atoms with Crippen LogP contribution in [-0.4, -0.2) is 0 Å². The molecule has 2 bridgehead atoms. The van der Waals surface area contributed by atoms with Crippen LogP contribution in [0.5, 0.6) is 0 Å². The third-order valence-corrected chi connectivity index (χ3v) is 6.64. The fraction of sp³-hybridized carbons (Fsp3) is 1.00. The van der Waals surface area contributed by atoms with Crippen LogP contribution < -0.4 is 0 Å². The SMILES string of the molecule is CC1CC(C)C2CCC3C(C)C2(C1)C3C. The molecule has 4 rings (SSSR count). The first-order chi connectivity index (χ1) is 7.07. The summed E-state index contributed by atoms with van der Waals surface area (Å²) in [6.07, 6.45) is 6.12. The molecule has 5 atom stereocenters. The van der Waals surface area contributed by atoms with Gasteiger partial charge in [-0.15, -0.1) is 0 Å². The van der Waals surface area contributed by atoms with Crippen molar-refractivity contribution in [1.29, 1.82) is 0 Å². The minimum atomic E-state index is 0.778. The maximum Gasteiger partial charge on any atom is -0.0207 e. The van der Waals surface area contributed by atoms with Crippen molar-refractivity contribution >= 4 is 0 Å². The van der Waals surface area contributed by atoms with Gasteiger partial charge in [0.05, 0.1) is 0 Å². The molecule has 4 aliphatic carbocycles. The van der Waals surface area contributed by atoms with Gasteiger partial charge in [0, 0.05) is 0 Å². The van der Waals surface area contributed by atoms with Gasteiger partial charge in [-0.05, 0) is 66.6 Å². The molecule has 0 radical (unpaired) electrons. The quantitative estimate of drug-likeness (QED) is 0.553. The van der Waals surface area contributed by atoms with E-state index >= 15 is 0 Å². The minimum Gasteiger partial charge on any atom is -0.0625 e. The lowest BCUT2D eigenvalue weighted by molar-refractivity contribution is -0.227. The second-order valence-electron chi connectivity index (χ2n) is 7.06. The van der Waals surface area contributed by atoms with Gasteiger partial charge >= 0.3 is 0 Å². The van der Waals surface area contributed by atoms with Crippen molar-refractivity contribution in [2.45, 2.75) is 53.4 Å². The average molecular weight is 206 g/mol. The predicted octanol–water partition coefficient (Wildman–Crippen LogP) is 4.35. The summed E-state index contributed by atoms with van der Waals surface area (Å²) in [5.41, 5.74) is 0.778. The van der Waals surface area contributed by atoms with Crippen LogP contribution in [0.1, 0.15) is 53.4 Å². The molecule has 0 amide bonds. The molecule has 4 saturated carbocycles. The maximum absolute atomic E-state index is 2.56. The molecule has 15 heavy (non-hydrogen) atoms. The standard InChI is InChI=1S/C15H26/c1-9-7-10(2)14-6-5-13-11(3)15(14,8-9)12(13)4/h9-14H,5-8H2,1-4H3. The summed E-state index contributed by atoms with van der Waals surface area (Å²) in [6, 6.07) is 0. The molecule has 0 saturated heterocycles. The molecule has 4 fully saturated rings. The van der Waals surface area contributed by atoms with E-state index in [0.29, 0.717) is 0 Å². The van der Waals surface area contributed by atoms with Crippen LogP contribution in [0.3, 0.4) is 0 Å². The third-order valence-electron chi connectivity index (χ3n) is 6.64. The van der Waals surface area contributed by atoms with E-state index in [4.69, 9.17) is 0 Å². The Bertz CT molecular complexity index is 257. The first kappa shape index (κ1) is 10.2. The zero-order valence-corrected chi connectivity index (χ0v) is 10.8. The lowest BCUT2D eigenvalue weighted by Crippen LogP contribution is -2.65. The molecule has 0 nitrogen and oxygen atoms in total. The lowest BCUT2D eigenvalue weighted by atomic mass is 9.34. The second-order valence-corrected chi connectivity index (χ2v) is 7.06. The van der Waals surface area contributed by atoms with Crippen LogP contribution in [0.4, 0.5) is 0 Å². The van der Waals surface area contributed by atoms with E-state index in [1.54, 1.807) is 12.8 Å². The van der Waals surface area contributed by atoms with Gasteiger partial charge in [0.1, 0.15) is 0 Å². The highest BCUT2D eigenvalue weighted by molar-refractivity contribution is 5.13. The molecular weight excluding hydrogens is 180 g/mol. The summed E-state index contributed by atoms with van der Waals surface area (Å²) in [4.78, 5) is 0. The number of rotatable bonds is 0. The van der Waals surface area contributed by atoms with E-state index in [9.17, 15) is 0 Å². The highest BCUT2D eigenvalue weighted by atomic mass is 14.7. The summed E-state index contributed by atoms with van der Waals surface area (Å²) in [6.45, 7) is 10.1. The van der Waals surface area contributed by atoms with Crippen LogP contribution in [0, 0.1) is 40.9 Å². The molecule has 0 heteroatoms. The Morgan fingerprint density at radius 2 is 1.60 bits per heavy atom. The molecule has 5 unspecified atom stereocenters. The highest BCUT2D eigenvalue weighted by Gasteiger charge is 2.65. The van der Waals surface area contributed by atoms with Crippen LogP contribution in [0.15, 0.2) is 0 Å². The summed E-state index contributed by atoms with van der Waals surface area (Å²) < 4.78 is 0. The van der Waals surface area contributed by atoms with E-state index in [2.05, 4.69) is 27.7 Å². The Labute approximate surface area is 94.8 Å². The normalized spacial score (nSPS) is 63.2. The molecular formula is C15H26. The zero-order chi connectivity index (χ0) is 10.8. The van der Waals surface area contributed by atoms with Crippen molar-refractivity contribution in [3.8, 4) is 0 Å². The summed E-state index contributed by atoms with van der Waals surface area (Å²) in [7, 11) is 0. The van der Waals surface area contributed by atoms with E-state index in [-0.39, 0.29) is 0 Å². The number of fused-ring (bicyclic) bond motifs is 1. The second kappa shape index (κ2) is 3.02. The summed E-state index contributed by atoms with van der Waals surface area (Å²) in [5.74, 6) is 6.22. The smallest absolute Gasteiger partial charge is 0.0207 e. The zero-order valence-electron chi connectivity index (χ0n) is 10.8. The van der Waals surface area contributed by atoms with Crippen molar-refractivity contribution < 1.29 is 0 Å². The largest absolute Gasteiger partial charge is 0.0625 e. The predicted molar refractivity (Wildman–Crippen MR) is 64.5 cm³/mol. The van der Waals surface area contributed by atoms with Gasteiger partial charge in [0.25, 0.3) is 0 Å². The Morgan fingerprint density at radius 1 is 0.933 bits per heavy atom. The fourth-order valence-electron chi connectivity index (χ4n) is 6.17. The first-order valence-corrected chi connectivity index (χ1v) is 7.07. The molecule has 0 aromatic rings. The molecule has 0 aromatic carbocycles. The summed E-state index contributed by atoms with van der Waals surface area (Å²) >= 11 is 0. The van der Waals surface area contributed by atoms with Gasteiger partial charge < -0.3 is 0 Å². The lowest BCUT2D eigenvalue weighted by Gasteiger charge is -2.71. The first-order valence-electron chi connectivity index (χ1n) is 7.07. The van der Waals surface area contributed by atoms with Crippen LogP contribution in [-0.2, 0) is 0 Å². The summed E-state index contributed by atoms with van der Waals surface area (Å²) in [5, 5.41) is 0. The van der Waals surface area contributed by atoms with Gasteiger partial charge in [-0.2, -0.15) is 0 Å². The third kappa shape index (κ3) is 1.04. The minimum absolute atomic E-state index is 0.778. The monoisotopic (exact) mass is 206 g/mol. The Morgan fingerprint density at radius 3 is 2.27 bits per heavy atom. The van der Waals surface area contributed by atoms with Crippen LogP contribution in [0.25, 0.3) is 0 Å². The van der Waals surface area contributed by atoms with E-state index < -0.39 is 0 Å². The molecule has 0 N–H and O–H groups in total. The van der Waals surface area contributed by atoms with Gasteiger partial charge in [0.2, 0.25) is 0 Å². The highest BCUT2D eigenvalue weighted by Crippen LogP contribution is 2.72. The van der Waals surface area contributed by atoms with Crippen molar-refractivity contribution in [1.82, 2.24) is 0 Å². The van der Waals surface area contributed by atoms with Gasteiger partial charge in [-0.25, -0.2) is 0 Å². The molecule has 4 aliphatic rings. The van der Waals surface area contributed by atoms with E-state index in [1.807, 2.05) is 0 Å². The molecule has 0 heterocycles. The number of hydrogen-bond acceptors (Lipinski definition) is 0. The van der Waals surface area contributed by atoms with Gasteiger partial charge in [-0.1, -0.05) is 27.7 Å². The van der Waals surface area contributed by atoms with Crippen molar-refractivity contribution in [3.05, 3.63) is 0 Å². The molecule has 0 aromatic heterocycles. The number of hydrogen-bond donors (Lipinski definition) is 0. The Hall–Kier alpha value is 0. The average Bonchev–Trinajstić information content (AvgIpc) is 2.20. The van der Waals surface area contributed by atoms with Crippen molar-refractivity contribution in [3.63, 3.8) is 0 Å². The topological polar surface area (TPSA) is 0 Å². The molecule has 1 spiro atoms. The van der Waals surface area contributed by atoms with Gasteiger partial charge in [0.15, 0.2) is 0 Å². The van der Waals surface area contributed by atoms with Crippen LogP contribution in [0.2, 0.25) is 0 Å². The van der Waals surface area contributed by atoms with Crippen molar-refractivity contribution in [2.75, 3.05) is 0 Å².